The molecule has 0 aromatic carbocycles. The summed E-state index contributed by atoms with van der Waals surface area (Å²) >= 11 is 0. The molecule has 1 amide bonds. The lowest BCUT2D eigenvalue weighted by Crippen LogP contribution is -2.36. The van der Waals surface area contributed by atoms with Gasteiger partial charge in [0.25, 0.3) is 0 Å². The molecular weight excluding hydrogens is 242 g/mol. The number of hydrogen-bond donors (Lipinski definition) is 1. The number of nitrogens with one attached hydrogen (secondary N) is 1. The lowest BCUT2D eigenvalue weighted by atomic mass is 9.94. The van der Waals surface area contributed by atoms with Gasteiger partial charge in [-0.15, -0.1) is 0 Å². The van der Waals surface area contributed by atoms with E-state index in [2.05, 4.69) is 10.3 Å². The molecule has 5 heteroatoms. The standard InChI is InChI=1S/C14H21N3O2/c1-10-11(6-5-9-19-10)14(18)16-12-7-4-8-15-13(12)17(2)3/h4,7-8,10-11H,5-6,9H2,1-3H3,(H,16,18). The molecule has 1 saturated heterocycles. The Morgan fingerprint density at radius 1 is 1.53 bits per heavy atom. The summed E-state index contributed by atoms with van der Waals surface area (Å²) in [6, 6.07) is 3.69. The van der Waals surface area contributed by atoms with Gasteiger partial charge in [-0.2, -0.15) is 0 Å². The van der Waals surface area contributed by atoms with Crippen molar-refractivity contribution in [2.24, 2.45) is 5.92 Å². The van der Waals surface area contributed by atoms with Crippen LogP contribution in [0.2, 0.25) is 0 Å². The molecule has 2 rings (SSSR count). The number of carbonyl (C=O) groups is 1. The van der Waals surface area contributed by atoms with Gasteiger partial charge < -0.3 is 15.0 Å². The number of ether oxygens (including phenoxy) is 1. The van der Waals surface area contributed by atoms with Gasteiger partial charge in [0.05, 0.1) is 17.7 Å². The zero-order valence-corrected chi connectivity index (χ0v) is 11.7. The van der Waals surface area contributed by atoms with Crippen LogP contribution in [0.15, 0.2) is 18.3 Å². The molecule has 0 bridgehead atoms. The van der Waals surface area contributed by atoms with Crippen molar-refractivity contribution >= 4 is 17.4 Å². The molecule has 1 aromatic heterocycles. The minimum Gasteiger partial charge on any atom is -0.378 e. The highest BCUT2D eigenvalue weighted by atomic mass is 16.5. The van der Waals surface area contributed by atoms with Crippen molar-refractivity contribution in [3.05, 3.63) is 18.3 Å². The van der Waals surface area contributed by atoms with E-state index in [-0.39, 0.29) is 17.9 Å². The lowest BCUT2D eigenvalue weighted by molar-refractivity contribution is -0.127. The first-order chi connectivity index (χ1) is 9.09. The van der Waals surface area contributed by atoms with Crippen molar-refractivity contribution in [2.45, 2.75) is 25.9 Å². The molecule has 1 aromatic rings. The molecule has 19 heavy (non-hydrogen) atoms. The van der Waals surface area contributed by atoms with Crippen LogP contribution in [-0.4, -0.2) is 37.7 Å². The van der Waals surface area contributed by atoms with Crippen molar-refractivity contribution in [3.63, 3.8) is 0 Å². The van der Waals surface area contributed by atoms with E-state index < -0.39 is 0 Å². The summed E-state index contributed by atoms with van der Waals surface area (Å²) in [4.78, 5) is 18.5. The molecule has 2 atom stereocenters. The predicted octanol–water partition coefficient (Wildman–Crippen LogP) is 1.90. The smallest absolute Gasteiger partial charge is 0.230 e. The Hall–Kier alpha value is -1.62. The number of amides is 1. The van der Waals surface area contributed by atoms with Crippen LogP contribution in [0.1, 0.15) is 19.8 Å². The SMILES string of the molecule is CC1OCCCC1C(=O)Nc1cccnc1N(C)C. The molecule has 104 valence electrons. The molecule has 2 heterocycles. The van der Waals surface area contributed by atoms with Gasteiger partial charge >= 0.3 is 0 Å². The third-order valence-corrected chi connectivity index (χ3v) is 3.41. The van der Waals surface area contributed by atoms with E-state index in [1.807, 2.05) is 38.1 Å². The number of carbonyl (C=O) groups excluding carboxylic acids is 1. The van der Waals surface area contributed by atoms with Gasteiger partial charge in [-0.05, 0) is 31.9 Å². The Kier molecular flexibility index (Phi) is 4.37. The van der Waals surface area contributed by atoms with Gasteiger partial charge in [0.2, 0.25) is 5.91 Å². The lowest BCUT2D eigenvalue weighted by Gasteiger charge is -2.28. The molecule has 1 N–H and O–H groups in total. The van der Waals surface area contributed by atoms with E-state index in [0.29, 0.717) is 0 Å². The highest BCUT2D eigenvalue weighted by molar-refractivity contribution is 5.95. The predicted molar refractivity (Wildman–Crippen MR) is 75.3 cm³/mol. The summed E-state index contributed by atoms with van der Waals surface area (Å²) in [5.41, 5.74) is 0.746. The largest absolute Gasteiger partial charge is 0.378 e. The van der Waals surface area contributed by atoms with Crippen LogP contribution in [-0.2, 0) is 9.53 Å². The zero-order chi connectivity index (χ0) is 13.8. The topological polar surface area (TPSA) is 54.5 Å². The second-order valence-corrected chi connectivity index (χ2v) is 5.08. The second kappa shape index (κ2) is 6.02. The first-order valence-corrected chi connectivity index (χ1v) is 6.64. The monoisotopic (exact) mass is 263 g/mol. The summed E-state index contributed by atoms with van der Waals surface area (Å²) in [6.45, 7) is 2.71. The van der Waals surface area contributed by atoms with E-state index in [4.69, 9.17) is 4.74 Å². The van der Waals surface area contributed by atoms with E-state index in [1.54, 1.807) is 6.20 Å². The number of anilines is 2. The van der Waals surface area contributed by atoms with Crippen molar-refractivity contribution in [2.75, 3.05) is 30.9 Å². The Morgan fingerprint density at radius 3 is 3.00 bits per heavy atom. The summed E-state index contributed by atoms with van der Waals surface area (Å²) < 4.78 is 5.54. The quantitative estimate of drug-likeness (QED) is 0.905. The number of pyridine rings is 1. The highest BCUT2D eigenvalue weighted by Gasteiger charge is 2.29. The summed E-state index contributed by atoms with van der Waals surface area (Å²) in [7, 11) is 3.81. The molecule has 0 aliphatic carbocycles. The van der Waals surface area contributed by atoms with Crippen LogP contribution in [0.5, 0.6) is 0 Å². The van der Waals surface area contributed by atoms with E-state index >= 15 is 0 Å². The second-order valence-electron chi connectivity index (χ2n) is 5.08. The van der Waals surface area contributed by atoms with Crippen LogP contribution >= 0.6 is 0 Å². The third-order valence-electron chi connectivity index (χ3n) is 3.41. The highest BCUT2D eigenvalue weighted by Crippen LogP contribution is 2.25. The van der Waals surface area contributed by atoms with Gasteiger partial charge in [0, 0.05) is 26.9 Å². The van der Waals surface area contributed by atoms with Gasteiger partial charge in [-0.3, -0.25) is 4.79 Å². The Balaban J connectivity index is 2.10. The number of aromatic nitrogens is 1. The van der Waals surface area contributed by atoms with E-state index in [0.717, 1.165) is 31.0 Å². The Labute approximate surface area is 114 Å². The van der Waals surface area contributed by atoms with Crippen LogP contribution in [0.4, 0.5) is 11.5 Å². The summed E-state index contributed by atoms with van der Waals surface area (Å²) in [6.07, 6.45) is 3.52. The zero-order valence-electron chi connectivity index (χ0n) is 11.7. The average Bonchev–Trinajstić information content (AvgIpc) is 2.39. The fraction of sp³-hybridized carbons (Fsp3) is 0.571. The van der Waals surface area contributed by atoms with Crippen molar-refractivity contribution in [1.82, 2.24) is 4.98 Å². The average molecular weight is 263 g/mol. The molecule has 1 aliphatic rings. The maximum absolute atomic E-state index is 12.3. The molecular formula is C14H21N3O2. The van der Waals surface area contributed by atoms with Crippen LogP contribution in [0.3, 0.4) is 0 Å². The molecule has 1 fully saturated rings. The Bertz CT molecular complexity index is 448. The van der Waals surface area contributed by atoms with E-state index in [1.165, 1.54) is 0 Å². The van der Waals surface area contributed by atoms with Crippen LogP contribution in [0.25, 0.3) is 0 Å². The molecule has 0 spiro atoms. The summed E-state index contributed by atoms with van der Waals surface area (Å²) in [5.74, 6) is 0.701. The first-order valence-electron chi connectivity index (χ1n) is 6.64. The first kappa shape index (κ1) is 13.8. The molecule has 0 saturated carbocycles. The maximum atomic E-state index is 12.3. The molecule has 5 nitrogen and oxygen atoms in total. The van der Waals surface area contributed by atoms with Crippen molar-refractivity contribution in [3.8, 4) is 0 Å². The molecule has 2 unspecified atom stereocenters. The fourth-order valence-electron chi connectivity index (χ4n) is 2.34. The maximum Gasteiger partial charge on any atom is 0.230 e. The molecule has 1 aliphatic heterocycles. The fourth-order valence-corrected chi connectivity index (χ4v) is 2.34. The van der Waals surface area contributed by atoms with E-state index in [9.17, 15) is 4.79 Å². The minimum atomic E-state index is -0.0797. The Morgan fingerprint density at radius 2 is 2.32 bits per heavy atom. The third kappa shape index (κ3) is 3.23. The number of hydrogen-bond acceptors (Lipinski definition) is 4. The number of nitrogens with zero attached hydrogens (tertiary/aromatic N) is 2. The normalized spacial score (nSPS) is 22.9. The molecule has 0 radical (unpaired) electrons. The number of rotatable bonds is 3. The van der Waals surface area contributed by atoms with Gasteiger partial charge in [-0.1, -0.05) is 0 Å². The van der Waals surface area contributed by atoms with Crippen molar-refractivity contribution in [1.29, 1.82) is 0 Å². The minimum absolute atomic E-state index is 0.0169. The van der Waals surface area contributed by atoms with Gasteiger partial charge in [0.15, 0.2) is 5.82 Å². The van der Waals surface area contributed by atoms with Crippen LogP contribution in [0, 0.1) is 5.92 Å². The van der Waals surface area contributed by atoms with Crippen LogP contribution < -0.4 is 10.2 Å². The summed E-state index contributed by atoms with van der Waals surface area (Å²) in [5, 5.41) is 2.97. The van der Waals surface area contributed by atoms with Gasteiger partial charge in [0.1, 0.15) is 0 Å². The van der Waals surface area contributed by atoms with Gasteiger partial charge in [-0.25, -0.2) is 4.98 Å². The van der Waals surface area contributed by atoms with Crippen molar-refractivity contribution < 1.29 is 9.53 Å².